The van der Waals surface area contributed by atoms with E-state index in [0.717, 1.165) is 26.1 Å². The quantitative estimate of drug-likeness (QED) is 0.750. The van der Waals surface area contributed by atoms with Crippen molar-refractivity contribution in [3.63, 3.8) is 0 Å². The maximum atomic E-state index is 2.51. The fourth-order valence-corrected chi connectivity index (χ4v) is 2.31. The minimum Gasteiger partial charge on any atom is -0.299 e. The van der Waals surface area contributed by atoms with Crippen LogP contribution in [0, 0.1) is 6.92 Å². The van der Waals surface area contributed by atoms with Crippen LogP contribution in [0.3, 0.4) is 0 Å². The predicted molar refractivity (Wildman–Crippen MR) is 82.3 cm³/mol. The third-order valence-corrected chi connectivity index (χ3v) is 3.66. The first-order valence-electron chi connectivity index (χ1n) is 7.10. The highest BCUT2D eigenvalue weighted by atomic mass is 15.1. The minimum absolute atomic E-state index is 1.05. The van der Waals surface area contributed by atoms with Crippen LogP contribution in [-0.4, -0.2) is 18.0 Å². The van der Waals surface area contributed by atoms with Gasteiger partial charge in [0.05, 0.1) is 0 Å². The van der Waals surface area contributed by atoms with E-state index in [-0.39, 0.29) is 0 Å². The van der Waals surface area contributed by atoms with Crippen LogP contribution in [-0.2, 0) is 13.0 Å². The number of hydrogen-bond acceptors (Lipinski definition) is 1. The standard InChI is InChI=1S/C18H23N/c1-3-19(14-13-17-10-5-4-6-11-17)15-18-12-8-7-9-16(18)2/h4-12H,3,13-15H2,1-2H3. The van der Waals surface area contributed by atoms with Crippen molar-refractivity contribution in [2.24, 2.45) is 0 Å². The summed E-state index contributed by atoms with van der Waals surface area (Å²) < 4.78 is 0. The lowest BCUT2D eigenvalue weighted by molar-refractivity contribution is 0.283. The molecular formula is C18H23N. The lowest BCUT2D eigenvalue weighted by Crippen LogP contribution is -2.25. The van der Waals surface area contributed by atoms with Gasteiger partial charge in [0.15, 0.2) is 0 Å². The van der Waals surface area contributed by atoms with E-state index >= 15 is 0 Å². The Hall–Kier alpha value is -1.60. The first-order chi connectivity index (χ1) is 9.29. The minimum atomic E-state index is 1.05. The maximum absolute atomic E-state index is 2.51. The highest BCUT2D eigenvalue weighted by Gasteiger charge is 2.05. The van der Waals surface area contributed by atoms with Crippen molar-refractivity contribution in [3.05, 3.63) is 71.3 Å². The van der Waals surface area contributed by atoms with Gasteiger partial charge in [-0.25, -0.2) is 0 Å². The molecule has 0 unspecified atom stereocenters. The Kier molecular flexibility index (Phi) is 5.17. The monoisotopic (exact) mass is 253 g/mol. The number of hydrogen-bond donors (Lipinski definition) is 0. The third-order valence-electron chi connectivity index (χ3n) is 3.66. The molecule has 0 N–H and O–H groups in total. The van der Waals surface area contributed by atoms with E-state index in [0.29, 0.717) is 0 Å². The topological polar surface area (TPSA) is 3.24 Å². The molecule has 0 amide bonds. The molecule has 19 heavy (non-hydrogen) atoms. The fourth-order valence-electron chi connectivity index (χ4n) is 2.31. The second kappa shape index (κ2) is 7.10. The van der Waals surface area contributed by atoms with Gasteiger partial charge >= 0.3 is 0 Å². The van der Waals surface area contributed by atoms with Gasteiger partial charge < -0.3 is 0 Å². The molecule has 0 saturated heterocycles. The highest BCUT2D eigenvalue weighted by molar-refractivity contribution is 5.25. The Balaban J connectivity index is 1.92. The molecule has 0 spiro atoms. The molecule has 2 aromatic carbocycles. The lowest BCUT2D eigenvalue weighted by Gasteiger charge is -2.21. The maximum Gasteiger partial charge on any atom is 0.0236 e. The molecule has 2 rings (SSSR count). The van der Waals surface area contributed by atoms with Gasteiger partial charge in [0.25, 0.3) is 0 Å². The number of likely N-dealkylation sites (N-methyl/N-ethyl adjacent to an activating group) is 1. The number of nitrogens with zero attached hydrogens (tertiary/aromatic N) is 1. The molecule has 0 fully saturated rings. The first-order valence-corrected chi connectivity index (χ1v) is 7.10. The summed E-state index contributed by atoms with van der Waals surface area (Å²) in [5.74, 6) is 0. The van der Waals surface area contributed by atoms with E-state index < -0.39 is 0 Å². The average Bonchev–Trinajstić information content (AvgIpc) is 2.46. The molecule has 100 valence electrons. The number of benzene rings is 2. The number of aryl methyl sites for hydroxylation is 1. The smallest absolute Gasteiger partial charge is 0.0236 e. The summed E-state index contributed by atoms with van der Waals surface area (Å²) in [6.07, 6.45) is 1.13. The molecule has 1 heteroatoms. The zero-order valence-electron chi connectivity index (χ0n) is 12.0. The van der Waals surface area contributed by atoms with Crippen LogP contribution in [0.2, 0.25) is 0 Å². The van der Waals surface area contributed by atoms with Gasteiger partial charge in [-0.3, -0.25) is 4.90 Å². The van der Waals surface area contributed by atoms with Crippen molar-refractivity contribution >= 4 is 0 Å². The van der Waals surface area contributed by atoms with Gasteiger partial charge in [-0.2, -0.15) is 0 Å². The summed E-state index contributed by atoms with van der Waals surface area (Å²) >= 11 is 0. The highest BCUT2D eigenvalue weighted by Crippen LogP contribution is 2.11. The van der Waals surface area contributed by atoms with Crippen LogP contribution in [0.1, 0.15) is 23.6 Å². The van der Waals surface area contributed by atoms with Crippen molar-refractivity contribution in [3.8, 4) is 0 Å². The molecule has 1 nitrogen and oxygen atoms in total. The molecule has 0 radical (unpaired) electrons. The molecule has 0 atom stereocenters. The van der Waals surface area contributed by atoms with Crippen LogP contribution in [0.15, 0.2) is 54.6 Å². The van der Waals surface area contributed by atoms with Crippen molar-refractivity contribution in [2.75, 3.05) is 13.1 Å². The normalized spacial score (nSPS) is 10.9. The molecule has 0 saturated carbocycles. The van der Waals surface area contributed by atoms with Gasteiger partial charge in [-0.15, -0.1) is 0 Å². The molecule has 0 bridgehead atoms. The Labute approximate surface area is 116 Å². The molecule has 0 aliphatic carbocycles. The molecule has 0 aliphatic heterocycles. The Morgan fingerprint density at radius 1 is 0.895 bits per heavy atom. The predicted octanol–water partition coefficient (Wildman–Crippen LogP) is 4.06. The van der Waals surface area contributed by atoms with Crippen molar-refractivity contribution in [1.29, 1.82) is 0 Å². The summed E-state index contributed by atoms with van der Waals surface area (Å²) in [6.45, 7) is 7.70. The van der Waals surface area contributed by atoms with Crippen LogP contribution in [0.25, 0.3) is 0 Å². The largest absolute Gasteiger partial charge is 0.299 e. The van der Waals surface area contributed by atoms with Crippen molar-refractivity contribution < 1.29 is 0 Å². The van der Waals surface area contributed by atoms with Gasteiger partial charge in [0, 0.05) is 13.1 Å². The summed E-state index contributed by atoms with van der Waals surface area (Å²) in [4.78, 5) is 2.51. The molecule has 0 heterocycles. The van der Waals surface area contributed by atoms with Gasteiger partial charge in [0.1, 0.15) is 0 Å². The van der Waals surface area contributed by atoms with Crippen LogP contribution in [0.4, 0.5) is 0 Å². The lowest BCUT2D eigenvalue weighted by atomic mass is 10.1. The summed E-state index contributed by atoms with van der Waals surface area (Å²) in [5, 5.41) is 0. The summed E-state index contributed by atoms with van der Waals surface area (Å²) in [7, 11) is 0. The number of rotatable bonds is 6. The average molecular weight is 253 g/mol. The van der Waals surface area contributed by atoms with E-state index in [1.165, 1.54) is 16.7 Å². The summed E-state index contributed by atoms with van der Waals surface area (Å²) in [6, 6.07) is 19.4. The van der Waals surface area contributed by atoms with Gasteiger partial charge in [0.2, 0.25) is 0 Å². The van der Waals surface area contributed by atoms with Crippen LogP contribution in [0.5, 0.6) is 0 Å². The van der Waals surface area contributed by atoms with E-state index in [1.807, 2.05) is 0 Å². The van der Waals surface area contributed by atoms with E-state index in [9.17, 15) is 0 Å². The first kappa shape index (κ1) is 13.8. The van der Waals surface area contributed by atoms with E-state index in [1.54, 1.807) is 0 Å². The second-order valence-electron chi connectivity index (χ2n) is 5.03. The van der Waals surface area contributed by atoms with Gasteiger partial charge in [-0.1, -0.05) is 61.5 Å². The molecule has 0 aromatic heterocycles. The zero-order chi connectivity index (χ0) is 13.5. The van der Waals surface area contributed by atoms with Crippen molar-refractivity contribution in [2.45, 2.75) is 26.8 Å². The Morgan fingerprint density at radius 2 is 1.58 bits per heavy atom. The Bertz CT molecular complexity index is 490. The SMILES string of the molecule is CCN(CCc1ccccc1)Cc1ccccc1C. The zero-order valence-corrected chi connectivity index (χ0v) is 12.0. The molecule has 0 aliphatic rings. The molecular weight excluding hydrogens is 230 g/mol. The fraction of sp³-hybridized carbons (Fsp3) is 0.333. The van der Waals surface area contributed by atoms with Gasteiger partial charge in [-0.05, 0) is 36.6 Å². The van der Waals surface area contributed by atoms with E-state index in [2.05, 4.69) is 73.3 Å². The molecule has 2 aromatic rings. The third kappa shape index (κ3) is 4.22. The van der Waals surface area contributed by atoms with Crippen LogP contribution < -0.4 is 0 Å². The van der Waals surface area contributed by atoms with Crippen LogP contribution >= 0.6 is 0 Å². The summed E-state index contributed by atoms with van der Waals surface area (Å²) in [5.41, 5.74) is 4.25. The second-order valence-corrected chi connectivity index (χ2v) is 5.03. The Morgan fingerprint density at radius 3 is 2.26 bits per heavy atom. The van der Waals surface area contributed by atoms with Crippen molar-refractivity contribution in [1.82, 2.24) is 4.90 Å². The van der Waals surface area contributed by atoms with E-state index in [4.69, 9.17) is 0 Å².